The molecule has 0 saturated carbocycles. The molecule has 0 unspecified atom stereocenters. The van der Waals surface area contributed by atoms with Gasteiger partial charge in [0.15, 0.2) is 0 Å². The van der Waals surface area contributed by atoms with Crippen molar-refractivity contribution in [3.63, 3.8) is 0 Å². The van der Waals surface area contributed by atoms with Gasteiger partial charge in [-0.1, -0.05) is 26.2 Å². The van der Waals surface area contributed by atoms with Crippen molar-refractivity contribution in [3.8, 4) is 0 Å². The van der Waals surface area contributed by atoms with Gasteiger partial charge in [-0.25, -0.2) is 0 Å². The molecule has 0 aromatic rings. The Morgan fingerprint density at radius 3 is 1.32 bits per heavy atom. The first-order valence-corrected chi connectivity index (χ1v) is 12.4. The van der Waals surface area contributed by atoms with E-state index in [2.05, 4.69) is 12.2 Å². The quantitative estimate of drug-likeness (QED) is 0.168. The minimum absolute atomic E-state index is 0. The SMILES string of the molecule is CCCCCCNC(=O)CN(C)C(=O)CN(C)C(=O)CN(C)C(=O)CN(C)C(=O)CN(C)C(=O)CC[NH-].[Rb+]. The van der Waals surface area contributed by atoms with Gasteiger partial charge >= 0.3 is 58.2 Å². The van der Waals surface area contributed by atoms with Crippen molar-refractivity contribution in [1.29, 1.82) is 0 Å². The summed E-state index contributed by atoms with van der Waals surface area (Å²) in [7, 11) is 7.19. The number of unbranched alkanes of at least 4 members (excludes halogenated alkanes) is 3. The van der Waals surface area contributed by atoms with Crippen LogP contribution >= 0.6 is 0 Å². The molecule has 0 saturated heterocycles. The van der Waals surface area contributed by atoms with Gasteiger partial charge in [-0.05, 0) is 6.42 Å². The third-order valence-corrected chi connectivity index (χ3v) is 5.69. The van der Waals surface area contributed by atoms with Crippen molar-refractivity contribution >= 4 is 35.4 Å². The van der Waals surface area contributed by atoms with Crippen molar-refractivity contribution in [2.75, 3.05) is 81.1 Å². The van der Waals surface area contributed by atoms with E-state index < -0.39 is 23.6 Å². The fraction of sp³-hybridized carbons (Fsp3) is 0.750. The van der Waals surface area contributed by atoms with E-state index in [0.717, 1.165) is 35.5 Å². The van der Waals surface area contributed by atoms with Crippen molar-refractivity contribution in [2.45, 2.75) is 39.0 Å². The molecule has 0 fully saturated rings. The number of carbonyl (C=O) groups is 6. The van der Waals surface area contributed by atoms with E-state index in [-0.39, 0.29) is 116 Å². The van der Waals surface area contributed by atoms with Gasteiger partial charge in [-0.3, -0.25) is 28.8 Å². The zero-order valence-electron chi connectivity index (χ0n) is 24.2. The maximum Gasteiger partial charge on any atom is 1.00 e. The molecule has 38 heavy (non-hydrogen) atoms. The van der Waals surface area contributed by atoms with Gasteiger partial charge in [0.05, 0.1) is 32.7 Å². The summed E-state index contributed by atoms with van der Waals surface area (Å²) in [5.74, 6) is -2.44. The molecule has 0 atom stereocenters. The third kappa shape index (κ3) is 16.5. The maximum absolute atomic E-state index is 12.5. The predicted molar refractivity (Wildman–Crippen MR) is 139 cm³/mol. The van der Waals surface area contributed by atoms with Crippen LogP contribution < -0.4 is 63.5 Å². The zero-order valence-corrected chi connectivity index (χ0v) is 29.1. The molecule has 0 heterocycles. The molecule has 0 aromatic carbocycles. The average molecular weight is 612 g/mol. The van der Waals surface area contributed by atoms with E-state index in [4.69, 9.17) is 5.73 Å². The molecule has 13 nitrogen and oxygen atoms in total. The molecule has 0 bridgehead atoms. The summed E-state index contributed by atoms with van der Waals surface area (Å²) in [5.41, 5.74) is 7.08. The minimum Gasteiger partial charge on any atom is -0.677 e. The van der Waals surface area contributed by atoms with Gasteiger partial charge in [-0.15, -0.1) is 6.54 Å². The second-order valence-electron chi connectivity index (χ2n) is 9.16. The van der Waals surface area contributed by atoms with E-state index >= 15 is 0 Å². The van der Waals surface area contributed by atoms with Crippen LogP contribution in [0.4, 0.5) is 0 Å². The number of nitrogens with zero attached hydrogens (tertiary/aromatic N) is 5. The summed E-state index contributed by atoms with van der Waals surface area (Å²) < 4.78 is 0. The Kier molecular flexibility index (Phi) is 21.8. The van der Waals surface area contributed by atoms with Crippen LogP contribution in [0.25, 0.3) is 5.73 Å². The average Bonchev–Trinajstić information content (AvgIpc) is 2.83. The van der Waals surface area contributed by atoms with Gasteiger partial charge in [0.25, 0.3) is 0 Å². The summed E-state index contributed by atoms with van der Waals surface area (Å²) >= 11 is 0. The molecule has 212 valence electrons. The van der Waals surface area contributed by atoms with Gasteiger partial charge < -0.3 is 35.6 Å². The molecule has 2 N–H and O–H groups in total. The number of rotatable bonds is 17. The van der Waals surface area contributed by atoms with Gasteiger partial charge in [0.1, 0.15) is 0 Å². The summed E-state index contributed by atoms with van der Waals surface area (Å²) in [5, 5.41) is 2.77. The van der Waals surface area contributed by atoms with E-state index in [0.29, 0.717) is 6.54 Å². The van der Waals surface area contributed by atoms with Crippen molar-refractivity contribution in [1.82, 2.24) is 29.8 Å². The van der Waals surface area contributed by atoms with E-state index in [1.165, 1.54) is 49.9 Å². The Hall–Kier alpha value is -1.41. The molecule has 0 radical (unpaired) electrons. The first-order chi connectivity index (χ1) is 17.3. The van der Waals surface area contributed by atoms with E-state index in [1.807, 2.05) is 0 Å². The standard InChI is InChI=1S/C24H44N7O6.Rb/c1-7-8-9-10-13-26-19(32)14-27(2)21(34)16-29(4)23(36)18-31(6)24(37)17-30(5)22(35)15-28(3)20(33)11-12-25;/h25H,7-18H2,1-6H3,(H,26,32);/q-1;+1. The molecular formula is C24H44N7O6Rb. The van der Waals surface area contributed by atoms with Crippen molar-refractivity contribution in [3.05, 3.63) is 5.73 Å². The summed E-state index contributed by atoms with van der Waals surface area (Å²) in [4.78, 5) is 79.3. The van der Waals surface area contributed by atoms with Crippen molar-refractivity contribution in [2.24, 2.45) is 0 Å². The Labute approximate surface area is 275 Å². The van der Waals surface area contributed by atoms with Crippen LogP contribution in [0.2, 0.25) is 0 Å². The first kappa shape index (κ1) is 38.7. The van der Waals surface area contributed by atoms with Crippen LogP contribution in [0.15, 0.2) is 0 Å². The number of hydrogen-bond donors (Lipinski definition) is 1. The van der Waals surface area contributed by atoms with Crippen LogP contribution in [-0.2, 0) is 28.8 Å². The molecule has 0 aliphatic heterocycles. The van der Waals surface area contributed by atoms with Crippen LogP contribution in [0.3, 0.4) is 0 Å². The minimum atomic E-state index is -0.489. The molecule has 0 aromatic heterocycles. The second-order valence-corrected chi connectivity index (χ2v) is 9.16. The summed E-state index contributed by atoms with van der Waals surface area (Å²) in [6, 6.07) is 0. The molecule has 0 aliphatic carbocycles. The van der Waals surface area contributed by atoms with Crippen LogP contribution in [0.5, 0.6) is 0 Å². The summed E-state index contributed by atoms with van der Waals surface area (Å²) in [6.07, 6.45) is 4.14. The molecule has 0 aliphatic rings. The third-order valence-electron chi connectivity index (χ3n) is 5.69. The number of carbonyl (C=O) groups excluding carboxylic acids is 6. The van der Waals surface area contributed by atoms with Gasteiger partial charge in [0, 0.05) is 48.2 Å². The van der Waals surface area contributed by atoms with E-state index in [1.54, 1.807) is 0 Å². The molecule has 6 amide bonds. The van der Waals surface area contributed by atoms with Gasteiger partial charge in [0.2, 0.25) is 35.4 Å². The molecular weight excluding hydrogens is 568 g/mol. The predicted octanol–water partition coefficient (Wildman–Crippen LogP) is -3.58. The maximum atomic E-state index is 12.5. The molecule has 0 rings (SSSR count). The zero-order chi connectivity index (χ0) is 28.5. The molecule has 0 spiro atoms. The normalized spacial score (nSPS) is 10.1. The Morgan fingerprint density at radius 1 is 0.579 bits per heavy atom. The number of hydrogen-bond acceptors (Lipinski definition) is 6. The Morgan fingerprint density at radius 2 is 0.947 bits per heavy atom. The topological polar surface area (TPSA) is 154 Å². The number of likely N-dealkylation sites (N-methyl/N-ethyl adjacent to an activating group) is 5. The van der Waals surface area contributed by atoms with E-state index in [9.17, 15) is 28.8 Å². The number of nitrogens with one attached hydrogen (secondary N) is 2. The fourth-order valence-electron chi connectivity index (χ4n) is 3.08. The summed E-state index contributed by atoms with van der Waals surface area (Å²) in [6.45, 7) is 1.41. The second kappa shape index (κ2) is 21.4. The smallest absolute Gasteiger partial charge is 0.677 e. The Balaban J connectivity index is 0. The van der Waals surface area contributed by atoms with Crippen molar-refractivity contribution < 1.29 is 87.0 Å². The van der Waals surface area contributed by atoms with Gasteiger partial charge in [-0.2, -0.15) is 0 Å². The van der Waals surface area contributed by atoms with Crippen LogP contribution in [0.1, 0.15) is 39.0 Å². The Bertz CT molecular complexity index is 798. The largest absolute Gasteiger partial charge is 1.00 e. The van der Waals surface area contributed by atoms with Crippen LogP contribution in [-0.4, -0.2) is 141 Å². The monoisotopic (exact) mass is 611 g/mol. The first-order valence-electron chi connectivity index (χ1n) is 12.4. The van der Waals surface area contributed by atoms with Crippen LogP contribution in [0, 0.1) is 0 Å². The number of amides is 6. The molecule has 14 heteroatoms. The fourth-order valence-corrected chi connectivity index (χ4v) is 3.08.